The van der Waals surface area contributed by atoms with Crippen LogP contribution in [0.2, 0.25) is 5.02 Å². The van der Waals surface area contributed by atoms with E-state index in [0.29, 0.717) is 37.8 Å². The minimum absolute atomic E-state index is 0.0735. The lowest BCUT2D eigenvalue weighted by molar-refractivity contribution is -0.255. The Labute approximate surface area is 178 Å². The van der Waals surface area contributed by atoms with E-state index < -0.39 is 5.97 Å². The molecule has 1 aromatic heterocycles. The number of carbonyl (C=O) groups is 2. The summed E-state index contributed by atoms with van der Waals surface area (Å²) >= 11 is 7.25. The van der Waals surface area contributed by atoms with Gasteiger partial charge in [0.2, 0.25) is 0 Å². The normalized spacial score (nSPS) is 16.6. The third-order valence-electron chi connectivity index (χ3n) is 4.97. The Morgan fingerprint density at radius 3 is 2.67 bits per heavy atom. The summed E-state index contributed by atoms with van der Waals surface area (Å²) in [4.78, 5) is 43.4. The lowest BCUT2D eigenvalue weighted by Crippen LogP contribution is -2.43. The van der Waals surface area contributed by atoms with E-state index in [-0.39, 0.29) is 23.7 Å². The summed E-state index contributed by atoms with van der Waals surface area (Å²) in [5.41, 5.74) is 1.99. The fourth-order valence-corrected chi connectivity index (χ4v) is 4.73. The molecule has 2 aliphatic heterocycles. The molecule has 0 saturated heterocycles. The summed E-state index contributed by atoms with van der Waals surface area (Å²) in [5.74, 6) is -1.60. The van der Waals surface area contributed by atoms with Gasteiger partial charge in [-0.15, -0.1) is 0 Å². The lowest BCUT2D eigenvalue weighted by atomic mass is 10.1. The van der Waals surface area contributed by atoms with Crippen molar-refractivity contribution in [2.75, 3.05) is 16.9 Å². The second kappa shape index (κ2) is 6.82. The van der Waals surface area contributed by atoms with Crippen LogP contribution in [0.1, 0.15) is 15.9 Å². The first-order valence-corrected chi connectivity index (χ1v) is 10.1. The van der Waals surface area contributed by atoms with Crippen molar-refractivity contribution in [3.05, 3.63) is 78.3 Å². The van der Waals surface area contributed by atoms with Crippen LogP contribution in [0, 0.1) is 0 Å². The Hall–Kier alpha value is -3.43. The van der Waals surface area contributed by atoms with Crippen molar-refractivity contribution in [3.63, 3.8) is 0 Å². The highest BCUT2D eigenvalue weighted by Crippen LogP contribution is 2.32. The molecule has 1 N–H and O–H groups in total. The molecule has 3 aromatic rings. The molecule has 0 unspecified atom stereocenters. The maximum absolute atomic E-state index is 13.1. The van der Waals surface area contributed by atoms with E-state index in [9.17, 15) is 19.5 Å². The van der Waals surface area contributed by atoms with E-state index in [1.165, 1.54) is 28.0 Å². The van der Waals surface area contributed by atoms with E-state index in [4.69, 9.17) is 11.6 Å². The number of anilines is 2. The standard InChI is InChI=1S/C20H13ClN4O4S/c21-11-3-6-14-13(7-11)15(17(26)23-14)16-18(27)25-9-24(8-22-20(25)30-16)12-4-1-10(2-5-12)19(28)29/h1-7H,8-9H2,(H,23,26)(H,28,29)/p-1/b16-15-. The number of carboxylic acids is 1. The van der Waals surface area contributed by atoms with Crippen molar-refractivity contribution >= 4 is 51.8 Å². The van der Waals surface area contributed by atoms with Crippen molar-refractivity contribution < 1.29 is 14.7 Å². The number of nitrogens with zero attached hydrogens (tertiary/aromatic N) is 3. The van der Waals surface area contributed by atoms with Gasteiger partial charge in [0.1, 0.15) is 17.9 Å². The molecular formula is C20H12ClN4O4S-. The summed E-state index contributed by atoms with van der Waals surface area (Å²) < 4.78 is 1.81. The highest BCUT2D eigenvalue weighted by Gasteiger charge is 2.28. The quantitative estimate of drug-likeness (QED) is 0.611. The molecule has 0 spiro atoms. The maximum Gasteiger partial charge on any atom is 0.272 e. The van der Waals surface area contributed by atoms with E-state index in [0.717, 1.165) is 5.69 Å². The van der Waals surface area contributed by atoms with Crippen LogP contribution in [0.25, 0.3) is 5.57 Å². The number of benzene rings is 2. The van der Waals surface area contributed by atoms with Gasteiger partial charge in [0, 0.05) is 22.0 Å². The Morgan fingerprint density at radius 2 is 1.93 bits per heavy atom. The van der Waals surface area contributed by atoms with Gasteiger partial charge in [-0.2, -0.15) is 0 Å². The molecule has 0 saturated carbocycles. The zero-order valence-electron chi connectivity index (χ0n) is 15.2. The summed E-state index contributed by atoms with van der Waals surface area (Å²) in [6.45, 7) is 0.532. The van der Waals surface area contributed by atoms with Gasteiger partial charge < -0.3 is 20.1 Å². The molecule has 2 aliphatic rings. The average molecular weight is 440 g/mol. The van der Waals surface area contributed by atoms with Gasteiger partial charge in [0.15, 0.2) is 4.80 Å². The number of thiazole rings is 1. The first-order chi connectivity index (χ1) is 14.4. The van der Waals surface area contributed by atoms with Crippen LogP contribution in [0.4, 0.5) is 11.4 Å². The monoisotopic (exact) mass is 439 g/mol. The molecule has 30 heavy (non-hydrogen) atoms. The van der Waals surface area contributed by atoms with E-state index in [1.807, 2.05) is 4.90 Å². The fraction of sp³-hybridized carbons (Fsp3) is 0.100. The Kier molecular flexibility index (Phi) is 4.23. The van der Waals surface area contributed by atoms with Crippen LogP contribution >= 0.6 is 22.9 Å². The second-order valence-electron chi connectivity index (χ2n) is 6.78. The third kappa shape index (κ3) is 2.90. The zero-order valence-corrected chi connectivity index (χ0v) is 16.8. The summed E-state index contributed by atoms with van der Waals surface area (Å²) in [6, 6.07) is 11.2. The number of carboxylic acid groups (broad SMARTS) is 1. The summed E-state index contributed by atoms with van der Waals surface area (Å²) in [7, 11) is 0. The van der Waals surface area contributed by atoms with Gasteiger partial charge in [0.25, 0.3) is 11.5 Å². The largest absolute Gasteiger partial charge is 0.545 e. The maximum atomic E-state index is 13.1. The Morgan fingerprint density at radius 1 is 1.17 bits per heavy atom. The third-order valence-corrected chi connectivity index (χ3v) is 6.32. The van der Waals surface area contributed by atoms with Crippen LogP contribution < -0.4 is 30.2 Å². The number of hydrogen-bond donors (Lipinski definition) is 1. The average Bonchev–Trinajstić information content (AvgIpc) is 3.23. The van der Waals surface area contributed by atoms with Crippen molar-refractivity contribution in [2.24, 2.45) is 4.99 Å². The molecule has 150 valence electrons. The molecule has 0 bridgehead atoms. The first kappa shape index (κ1) is 18.6. The van der Waals surface area contributed by atoms with E-state index in [2.05, 4.69) is 10.3 Å². The Balaban J connectivity index is 1.59. The predicted molar refractivity (Wildman–Crippen MR) is 110 cm³/mol. The Bertz CT molecular complexity index is 1410. The van der Waals surface area contributed by atoms with Crippen molar-refractivity contribution in [3.8, 4) is 0 Å². The molecular weight excluding hydrogens is 428 g/mol. The van der Waals surface area contributed by atoms with Crippen LogP contribution in [-0.2, 0) is 11.5 Å². The molecule has 0 fully saturated rings. The number of fused-ring (bicyclic) bond motifs is 2. The topological polar surface area (TPSA) is 107 Å². The molecule has 2 aromatic carbocycles. The fourth-order valence-electron chi connectivity index (χ4n) is 3.50. The number of aromatic nitrogens is 1. The van der Waals surface area contributed by atoms with Gasteiger partial charge in [-0.05, 0) is 35.9 Å². The van der Waals surface area contributed by atoms with Crippen LogP contribution in [0.15, 0.2) is 52.3 Å². The van der Waals surface area contributed by atoms with Crippen LogP contribution in [0.3, 0.4) is 0 Å². The van der Waals surface area contributed by atoms with Gasteiger partial charge in [-0.25, -0.2) is 4.99 Å². The minimum Gasteiger partial charge on any atom is -0.545 e. The molecule has 8 nitrogen and oxygen atoms in total. The minimum atomic E-state index is -1.25. The number of carbonyl (C=O) groups excluding carboxylic acids is 2. The van der Waals surface area contributed by atoms with Crippen molar-refractivity contribution in [1.29, 1.82) is 0 Å². The number of amides is 1. The van der Waals surface area contributed by atoms with Crippen LogP contribution in [0.5, 0.6) is 0 Å². The van der Waals surface area contributed by atoms with Gasteiger partial charge in [-0.1, -0.05) is 35.1 Å². The molecule has 0 aliphatic carbocycles. The summed E-state index contributed by atoms with van der Waals surface area (Å²) in [5, 5.41) is 14.2. The van der Waals surface area contributed by atoms with Crippen molar-refractivity contribution in [2.45, 2.75) is 6.67 Å². The number of nitrogens with one attached hydrogen (secondary N) is 1. The van der Waals surface area contributed by atoms with Gasteiger partial charge in [0.05, 0.1) is 11.5 Å². The molecule has 1 amide bonds. The zero-order chi connectivity index (χ0) is 21.0. The molecule has 3 heterocycles. The summed E-state index contributed by atoms with van der Waals surface area (Å²) in [6.07, 6.45) is 0. The number of hydrogen-bond acceptors (Lipinski definition) is 7. The molecule has 5 rings (SSSR count). The second-order valence-corrected chi connectivity index (χ2v) is 8.20. The molecule has 0 radical (unpaired) electrons. The molecule has 10 heteroatoms. The lowest BCUT2D eigenvalue weighted by Gasteiger charge is -2.25. The molecule has 0 atom stereocenters. The van der Waals surface area contributed by atoms with E-state index in [1.54, 1.807) is 30.3 Å². The smallest absolute Gasteiger partial charge is 0.272 e. The van der Waals surface area contributed by atoms with Gasteiger partial charge >= 0.3 is 0 Å². The number of halogens is 1. The van der Waals surface area contributed by atoms with Gasteiger partial charge in [-0.3, -0.25) is 14.2 Å². The van der Waals surface area contributed by atoms with Crippen molar-refractivity contribution in [1.82, 2.24) is 4.57 Å². The highest BCUT2D eigenvalue weighted by molar-refractivity contribution is 7.07. The van der Waals surface area contributed by atoms with E-state index >= 15 is 0 Å². The highest BCUT2D eigenvalue weighted by atomic mass is 35.5. The number of aromatic carboxylic acids is 1. The SMILES string of the molecule is O=C1Nc2ccc(Cl)cc2/C1=c1/sc2n(c1=O)CN(c1ccc(C(=O)[O-])cc1)CN=2. The number of rotatable bonds is 2. The predicted octanol–water partition coefficient (Wildman–Crippen LogP) is 0.133. The van der Waals surface area contributed by atoms with Crippen LogP contribution in [-0.4, -0.2) is 23.1 Å². The first-order valence-electron chi connectivity index (χ1n) is 8.88.